The Bertz CT molecular complexity index is 543. The first-order chi connectivity index (χ1) is 7.50. The highest BCUT2D eigenvalue weighted by atomic mass is 35.5. The zero-order valence-electron chi connectivity index (χ0n) is 9.58. The standard InChI is InChI=1S/C12H14ClN3/c1-7-8(2)15-16(9(7)3)12-5-4-10(14)6-11(12)13/h4-6H,14H2,1-3H3. The summed E-state index contributed by atoms with van der Waals surface area (Å²) in [5.74, 6) is 0. The molecule has 0 saturated carbocycles. The fraction of sp³-hybridized carbons (Fsp3) is 0.250. The number of nitrogens with two attached hydrogens (primary N) is 1. The van der Waals surface area contributed by atoms with Gasteiger partial charge in [-0.15, -0.1) is 0 Å². The van der Waals surface area contributed by atoms with Gasteiger partial charge in [-0.05, 0) is 44.5 Å². The number of hydrogen-bond acceptors (Lipinski definition) is 2. The van der Waals surface area contributed by atoms with Crippen molar-refractivity contribution in [3.63, 3.8) is 0 Å². The highest BCUT2D eigenvalue weighted by molar-refractivity contribution is 6.32. The Balaban J connectivity index is 2.63. The Morgan fingerprint density at radius 1 is 1.25 bits per heavy atom. The van der Waals surface area contributed by atoms with Crippen molar-refractivity contribution in [2.24, 2.45) is 0 Å². The van der Waals surface area contributed by atoms with E-state index in [0.29, 0.717) is 10.7 Å². The fourth-order valence-corrected chi connectivity index (χ4v) is 1.92. The highest BCUT2D eigenvalue weighted by Gasteiger charge is 2.11. The van der Waals surface area contributed by atoms with E-state index in [1.807, 2.05) is 30.7 Å². The maximum Gasteiger partial charge on any atom is 0.0836 e. The first-order valence-electron chi connectivity index (χ1n) is 5.09. The summed E-state index contributed by atoms with van der Waals surface area (Å²) >= 11 is 6.16. The van der Waals surface area contributed by atoms with Gasteiger partial charge in [0.15, 0.2) is 0 Å². The number of aryl methyl sites for hydroxylation is 1. The molecule has 2 rings (SSSR count). The third-order valence-electron chi connectivity index (χ3n) is 2.85. The van der Waals surface area contributed by atoms with Crippen molar-refractivity contribution in [1.82, 2.24) is 9.78 Å². The molecule has 4 heteroatoms. The lowest BCUT2D eigenvalue weighted by Crippen LogP contribution is -2.00. The summed E-state index contributed by atoms with van der Waals surface area (Å²) in [6, 6.07) is 5.45. The van der Waals surface area contributed by atoms with Crippen LogP contribution in [0.1, 0.15) is 17.0 Å². The third-order valence-corrected chi connectivity index (χ3v) is 3.16. The van der Waals surface area contributed by atoms with Gasteiger partial charge in [0, 0.05) is 11.4 Å². The van der Waals surface area contributed by atoms with E-state index in [2.05, 4.69) is 12.0 Å². The van der Waals surface area contributed by atoms with Crippen molar-refractivity contribution in [3.05, 3.63) is 40.2 Å². The summed E-state index contributed by atoms with van der Waals surface area (Å²) in [6.45, 7) is 6.07. The van der Waals surface area contributed by atoms with Crippen molar-refractivity contribution in [2.75, 3.05) is 5.73 Å². The molecule has 3 nitrogen and oxygen atoms in total. The Morgan fingerprint density at radius 3 is 2.44 bits per heavy atom. The number of rotatable bonds is 1. The zero-order chi connectivity index (χ0) is 11.9. The van der Waals surface area contributed by atoms with Crippen molar-refractivity contribution >= 4 is 17.3 Å². The minimum atomic E-state index is 0.616. The molecule has 0 bridgehead atoms. The number of halogens is 1. The monoisotopic (exact) mass is 235 g/mol. The molecule has 0 aliphatic rings. The van der Waals surface area contributed by atoms with E-state index in [0.717, 1.165) is 17.1 Å². The predicted octanol–water partition coefficient (Wildman–Crippen LogP) is 3.03. The smallest absolute Gasteiger partial charge is 0.0836 e. The Morgan fingerprint density at radius 2 is 1.94 bits per heavy atom. The fourth-order valence-electron chi connectivity index (χ4n) is 1.65. The van der Waals surface area contributed by atoms with E-state index in [1.54, 1.807) is 6.07 Å². The third kappa shape index (κ3) is 1.67. The highest BCUT2D eigenvalue weighted by Crippen LogP contribution is 2.25. The molecular weight excluding hydrogens is 222 g/mol. The van der Waals surface area contributed by atoms with Crippen LogP contribution in [0, 0.1) is 20.8 Å². The SMILES string of the molecule is Cc1nn(-c2ccc(N)cc2Cl)c(C)c1C. The molecule has 0 radical (unpaired) electrons. The summed E-state index contributed by atoms with van der Waals surface area (Å²) in [5, 5.41) is 5.08. The number of anilines is 1. The van der Waals surface area contributed by atoms with Gasteiger partial charge in [0.25, 0.3) is 0 Å². The molecule has 84 valence electrons. The van der Waals surface area contributed by atoms with Crippen molar-refractivity contribution < 1.29 is 0 Å². The van der Waals surface area contributed by atoms with Crippen molar-refractivity contribution in [2.45, 2.75) is 20.8 Å². The van der Waals surface area contributed by atoms with Crippen molar-refractivity contribution in [3.8, 4) is 5.69 Å². The molecule has 0 saturated heterocycles. The van der Waals surface area contributed by atoms with E-state index in [4.69, 9.17) is 17.3 Å². The topological polar surface area (TPSA) is 43.8 Å². The zero-order valence-corrected chi connectivity index (χ0v) is 10.3. The molecular formula is C12H14ClN3. The molecule has 16 heavy (non-hydrogen) atoms. The summed E-state index contributed by atoms with van der Waals surface area (Å²) < 4.78 is 1.85. The van der Waals surface area contributed by atoms with Crippen LogP contribution >= 0.6 is 11.6 Å². The number of aromatic nitrogens is 2. The summed E-state index contributed by atoms with van der Waals surface area (Å²) in [5.41, 5.74) is 10.5. The van der Waals surface area contributed by atoms with E-state index >= 15 is 0 Å². The number of hydrogen-bond donors (Lipinski definition) is 1. The molecule has 0 spiro atoms. The van der Waals surface area contributed by atoms with Crippen molar-refractivity contribution in [1.29, 1.82) is 0 Å². The Kier molecular flexibility index (Phi) is 2.64. The number of nitrogen functional groups attached to an aromatic ring is 1. The van der Waals surface area contributed by atoms with Gasteiger partial charge in [-0.25, -0.2) is 4.68 Å². The van der Waals surface area contributed by atoms with E-state index in [-0.39, 0.29) is 0 Å². The molecule has 2 N–H and O–H groups in total. The van der Waals surface area contributed by atoms with Crippen LogP contribution in [-0.4, -0.2) is 9.78 Å². The summed E-state index contributed by atoms with van der Waals surface area (Å²) in [7, 11) is 0. The Labute approximate surface area is 99.8 Å². The first-order valence-corrected chi connectivity index (χ1v) is 5.46. The van der Waals surface area contributed by atoms with Crippen LogP contribution in [0.3, 0.4) is 0 Å². The van der Waals surface area contributed by atoms with Gasteiger partial charge in [-0.1, -0.05) is 11.6 Å². The predicted molar refractivity (Wildman–Crippen MR) is 67.2 cm³/mol. The minimum Gasteiger partial charge on any atom is -0.399 e. The number of nitrogens with zero attached hydrogens (tertiary/aromatic N) is 2. The molecule has 1 aromatic carbocycles. The molecule has 1 aromatic heterocycles. The lowest BCUT2D eigenvalue weighted by atomic mass is 10.2. The van der Waals surface area contributed by atoms with Crippen LogP contribution < -0.4 is 5.73 Å². The quantitative estimate of drug-likeness (QED) is 0.773. The van der Waals surface area contributed by atoms with E-state index in [9.17, 15) is 0 Å². The van der Waals surface area contributed by atoms with E-state index < -0.39 is 0 Å². The van der Waals surface area contributed by atoms with Gasteiger partial charge in [0.1, 0.15) is 0 Å². The lowest BCUT2D eigenvalue weighted by Gasteiger charge is -2.07. The van der Waals surface area contributed by atoms with Gasteiger partial charge < -0.3 is 5.73 Å². The molecule has 0 unspecified atom stereocenters. The molecule has 2 aromatic rings. The second-order valence-electron chi connectivity index (χ2n) is 3.92. The molecule has 0 aliphatic carbocycles. The normalized spacial score (nSPS) is 10.8. The maximum absolute atomic E-state index is 6.16. The minimum absolute atomic E-state index is 0.616. The Hall–Kier alpha value is -1.48. The average molecular weight is 236 g/mol. The number of benzene rings is 1. The molecule has 0 aliphatic heterocycles. The van der Waals surface area contributed by atoms with Gasteiger partial charge in [0.2, 0.25) is 0 Å². The van der Waals surface area contributed by atoms with Crippen LogP contribution in [0.25, 0.3) is 5.69 Å². The molecule has 0 fully saturated rings. The summed E-state index contributed by atoms with van der Waals surface area (Å²) in [6.07, 6.45) is 0. The average Bonchev–Trinajstić information content (AvgIpc) is 2.46. The second kappa shape index (κ2) is 3.83. The molecule has 1 heterocycles. The van der Waals surface area contributed by atoms with Crippen LogP contribution in [0.15, 0.2) is 18.2 Å². The van der Waals surface area contributed by atoms with Gasteiger partial charge >= 0.3 is 0 Å². The molecule has 0 amide bonds. The second-order valence-corrected chi connectivity index (χ2v) is 4.33. The lowest BCUT2D eigenvalue weighted by molar-refractivity contribution is 0.833. The van der Waals surface area contributed by atoms with Crippen LogP contribution in [-0.2, 0) is 0 Å². The van der Waals surface area contributed by atoms with Crippen LogP contribution in [0.2, 0.25) is 5.02 Å². The van der Waals surface area contributed by atoms with E-state index in [1.165, 1.54) is 5.56 Å². The van der Waals surface area contributed by atoms with Gasteiger partial charge in [-0.2, -0.15) is 5.10 Å². The van der Waals surface area contributed by atoms with Gasteiger partial charge in [0.05, 0.1) is 16.4 Å². The summed E-state index contributed by atoms with van der Waals surface area (Å²) in [4.78, 5) is 0. The first kappa shape index (κ1) is 11.0. The molecule has 0 atom stereocenters. The van der Waals surface area contributed by atoms with Crippen LogP contribution in [0.5, 0.6) is 0 Å². The maximum atomic E-state index is 6.16. The van der Waals surface area contributed by atoms with Gasteiger partial charge in [-0.3, -0.25) is 0 Å². The largest absolute Gasteiger partial charge is 0.399 e. The van der Waals surface area contributed by atoms with Crippen LogP contribution in [0.4, 0.5) is 5.69 Å².